The zero-order chi connectivity index (χ0) is 19.5. The second kappa shape index (κ2) is 7.88. The van der Waals surface area contributed by atoms with Crippen LogP contribution in [0.4, 0.5) is 4.39 Å². The first-order valence-electron chi connectivity index (χ1n) is 9.45. The van der Waals surface area contributed by atoms with Gasteiger partial charge in [-0.25, -0.2) is 4.39 Å². The molecule has 1 fully saturated rings. The topological polar surface area (TPSA) is 63.1 Å². The van der Waals surface area contributed by atoms with Gasteiger partial charge >= 0.3 is 0 Å². The average Bonchev–Trinajstić information content (AvgIpc) is 3.36. The number of carbonyl (C=O) groups excluding carboxylic acids is 1. The predicted octanol–water partition coefficient (Wildman–Crippen LogP) is 3.49. The van der Waals surface area contributed by atoms with Gasteiger partial charge in [0.1, 0.15) is 11.4 Å². The third kappa shape index (κ3) is 3.78. The Bertz CT molecular complexity index is 965. The van der Waals surface area contributed by atoms with Gasteiger partial charge in [0.15, 0.2) is 11.6 Å². The van der Waals surface area contributed by atoms with Crippen LogP contribution in [0.3, 0.4) is 0 Å². The molecule has 0 saturated carbocycles. The maximum absolute atomic E-state index is 13.7. The zero-order valence-corrected chi connectivity index (χ0v) is 15.8. The molecule has 1 amide bonds. The Morgan fingerprint density at radius 2 is 2.18 bits per heavy atom. The lowest BCUT2D eigenvalue weighted by atomic mass is 9.98. The number of ether oxygens (including phenoxy) is 1. The molecule has 1 N–H and O–H groups in total. The molecule has 1 aliphatic heterocycles. The highest BCUT2D eigenvalue weighted by Gasteiger charge is 2.26. The molecule has 28 heavy (non-hydrogen) atoms. The summed E-state index contributed by atoms with van der Waals surface area (Å²) in [5.41, 5.74) is 2.17. The molecule has 2 aromatic heterocycles. The summed E-state index contributed by atoms with van der Waals surface area (Å²) in [6.45, 7) is 1.68. The zero-order valence-electron chi connectivity index (χ0n) is 15.8. The first kappa shape index (κ1) is 18.3. The number of rotatable bonds is 5. The molecule has 1 atom stereocenters. The van der Waals surface area contributed by atoms with Crippen molar-refractivity contribution in [3.63, 3.8) is 0 Å². The van der Waals surface area contributed by atoms with E-state index in [-0.39, 0.29) is 23.4 Å². The van der Waals surface area contributed by atoms with Crippen molar-refractivity contribution < 1.29 is 13.9 Å². The van der Waals surface area contributed by atoms with Crippen LogP contribution < -0.4 is 4.74 Å². The van der Waals surface area contributed by atoms with E-state index < -0.39 is 0 Å². The third-order valence-corrected chi connectivity index (χ3v) is 5.13. The molecule has 1 saturated heterocycles. The first-order valence-corrected chi connectivity index (χ1v) is 9.45. The molecule has 146 valence electrons. The largest absolute Gasteiger partial charge is 0.490 e. The number of aromatic nitrogens is 3. The molecule has 3 aromatic rings. The summed E-state index contributed by atoms with van der Waals surface area (Å²) in [5.74, 6) is -0.000225. The summed E-state index contributed by atoms with van der Waals surface area (Å²) in [5, 5.41) is 7.14. The molecule has 0 aliphatic carbocycles. The molecule has 1 aromatic carbocycles. The maximum atomic E-state index is 13.7. The Labute approximate surface area is 162 Å². The molecule has 7 heteroatoms. The highest BCUT2D eigenvalue weighted by atomic mass is 19.1. The normalized spacial score (nSPS) is 16.9. The molecule has 0 radical (unpaired) electrons. The summed E-state index contributed by atoms with van der Waals surface area (Å²) in [4.78, 5) is 14.7. The Balaban J connectivity index is 1.39. The standard InChI is InChI=1S/C21H23FN4O2/c1-25-10-5-8-19(25)17-12-18(24-23-17)21(27)26-11-4-6-15(13-26)14-28-20-9-3-2-7-16(20)22/h2-3,5,7-10,12,15H,4,6,11,13-14H2,1H3,(H,23,24). The van der Waals surface area contributed by atoms with E-state index in [0.29, 0.717) is 25.4 Å². The van der Waals surface area contributed by atoms with E-state index >= 15 is 0 Å². The number of hydrogen-bond acceptors (Lipinski definition) is 3. The molecule has 1 unspecified atom stereocenters. The molecule has 0 bridgehead atoms. The number of piperidine rings is 1. The van der Waals surface area contributed by atoms with Gasteiger partial charge in [-0.1, -0.05) is 12.1 Å². The van der Waals surface area contributed by atoms with Gasteiger partial charge in [0.2, 0.25) is 0 Å². The number of hydrogen-bond donors (Lipinski definition) is 1. The molecule has 4 rings (SSSR count). The number of aryl methyl sites for hydroxylation is 1. The maximum Gasteiger partial charge on any atom is 0.271 e. The number of benzene rings is 1. The lowest BCUT2D eigenvalue weighted by Gasteiger charge is -2.32. The Kier molecular flexibility index (Phi) is 5.14. The second-order valence-corrected chi connectivity index (χ2v) is 7.17. The summed E-state index contributed by atoms with van der Waals surface area (Å²) in [6, 6.07) is 12.1. The highest BCUT2D eigenvalue weighted by molar-refractivity contribution is 5.93. The minimum Gasteiger partial charge on any atom is -0.490 e. The van der Waals surface area contributed by atoms with Crippen LogP contribution in [0.15, 0.2) is 48.7 Å². The van der Waals surface area contributed by atoms with Crippen molar-refractivity contribution >= 4 is 5.91 Å². The number of nitrogens with zero attached hydrogens (tertiary/aromatic N) is 3. The van der Waals surface area contributed by atoms with E-state index in [1.807, 2.05) is 34.8 Å². The van der Waals surface area contributed by atoms with Crippen LogP contribution in [0.25, 0.3) is 11.4 Å². The summed E-state index contributed by atoms with van der Waals surface area (Å²) < 4.78 is 21.3. The quantitative estimate of drug-likeness (QED) is 0.735. The van der Waals surface area contributed by atoms with E-state index in [2.05, 4.69) is 10.2 Å². The van der Waals surface area contributed by atoms with Crippen molar-refractivity contribution in [3.8, 4) is 17.1 Å². The van der Waals surface area contributed by atoms with Crippen molar-refractivity contribution in [2.24, 2.45) is 13.0 Å². The van der Waals surface area contributed by atoms with Gasteiger partial charge < -0.3 is 14.2 Å². The van der Waals surface area contributed by atoms with Crippen LogP contribution in [0.5, 0.6) is 5.75 Å². The summed E-state index contributed by atoms with van der Waals surface area (Å²) in [7, 11) is 1.94. The van der Waals surface area contributed by atoms with Crippen molar-refractivity contribution in [1.29, 1.82) is 0 Å². The van der Waals surface area contributed by atoms with Crippen molar-refractivity contribution in [1.82, 2.24) is 19.7 Å². The number of carbonyl (C=O) groups is 1. The number of amides is 1. The van der Waals surface area contributed by atoms with Gasteiger partial charge in [0.05, 0.1) is 12.3 Å². The van der Waals surface area contributed by atoms with Crippen LogP contribution in [-0.4, -0.2) is 45.3 Å². The fourth-order valence-electron chi connectivity index (χ4n) is 3.62. The summed E-state index contributed by atoms with van der Waals surface area (Å²) in [6.07, 6.45) is 3.79. The van der Waals surface area contributed by atoms with Crippen LogP contribution in [0, 0.1) is 11.7 Å². The van der Waals surface area contributed by atoms with Gasteiger partial charge in [-0.05, 0) is 43.2 Å². The predicted molar refractivity (Wildman–Crippen MR) is 104 cm³/mol. The highest BCUT2D eigenvalue weighted by Crippen LogP contribution is 2.23. The fourth-order valence-corrected chi connectivity index (χ4v) is 3.62. The number of nitrogens with one attached hydrogen (secondary N) is 1. The van der Waals surface area contributed by atoms with Crippen LogP contribution in [0.1, 0.15) is 23.3 Å². The average molecular weight is 382 g/mol. The Hall–Kier alpha value is -3.09. The lowest BCUT2D eigenvalue weighted by Crippen LogP contribution is -2.41. The summed E-state index contributed by atoms with van der Waals surface area (Å²) >= 11 is 0. The third-order valence-electron chi connectivity index (χ3n) is 5.13. The van der Waals surface area contributed by atoms with Crippen molar-refractivity contribution in [2.45, 2.75) is 12.8 Å². The number of halogens is 1. The smallest absolute Gasteiger partial charge is 0.271 e. The molecule has 1 aliphatic rings. The number of para-hydroxylation sites is 1. The van der Waals surface area contributed by atoms with E-state index in [4.69, 9.17) is 4.74 Å². The monoisotopic (exact) mass is 382 g/mol. The van der Waals surface area contributed by atoms with Gasteiger partial charge in [0, 0.05) is 32.3 Å². The number of aromatic amines is 1. The van der Waals surface area contributed by atoms with Crippen LogP contribution in [0.2, 0.25) is 0 Å². The van der Waals surface area contributed by atoms with Gasteiger partial charge in [-0.3, -0.25) is 9.89 Å². The Morgan fingerprint density at radius 3 is 2.96 bits per heavy atom. The molecular weight excluding hydrogens is 359 g/mol. The Morgan fingerprint density at radius 1 is 1.32 bits per heavy atom. The van der Waals surface area contributed by atoms with Gasteiger partial charge in [-0.15, -0.1) is 0 Å². The number of likely N-dealkylation sites (tertiary alicyclic amines) is 1. The second-order valence-electron chi connectivity index (χ2n) is 7.17. The van der Waals surface area contributed by atoms with Crippen LogP contribution in [-0.2, 0) is 7.05 Å². The SMILES string of the molecule is Cn1cccc1-c1cc(C(=O)N2CCCC(COc3ccccc3F)C2)[nH]n1. The minimum absolute atomic E-state index is 0.0662. The number of H-pyrrole nitrogens is 1. The van der Waals surface area contributed by atoms with Crippen molar-refractivity contribution in [2.75, 3.05) is 19.7 Å². The molecule has 6 nitrogen and oxygen atoms in total. The van der Waals surface area contributed by atoms with Crippen LogP contribution >= 0.6 is 0 Å². The van der Waals surface area contributed by atoms with Crippen molar-refractivity contribution in [3.05, 3.63) is 60.2 Å². The van der Waals surface area contributed by atoms with E-state index in [9.17, 15) is 9.18 Å². The van der Waals surface area contributed by atoms with E-state index in [0.717, 1.165) is 24.2 Å². The first-order chi connectivity index (χ1) is 13.6. The molecule has 0 spiro atoms. The molecule has 3 heterocycles. The minimum atomic E-state index is -0.364. The van der Waals surface area contributed by atoms with E-state index in [1.165, 1.54) is 6.07 Å². The fraction of sp³-hybridized carbons (Fsp3) is 0.333. The molecular formula is C21H23FN4O2. The lowest BCUT2D eigenvalue weighted by molar-refractivity contribution is 0.0625. The van der Waals surface area contributed by atoms with E-state index in [1.54, 1.807) is 24.3 Å². The van der Waals surface area contributed by atoms with Gasteiger partial charge in [-0.2, -0.15) is 5.10 Å². The van der Waals surface area contributed by atoms with Gasteiger partial charge in [0.25, 0.3) is 5.91 Å².